The molecule has 1 aliphatic rings. The predicted octanol–water partition coefficient (Wildman–Crippen LogP) is 3.42. The highest BCUT2D eigenvalue weighted by Gasteiger charge is 2.24. The molecule has 2 nitrogen and oxygen atoms in total. The van der Waals surface area contributed by atoms with Crippen LogP contribution in [0.5, 0.6) is 0 Å². The van der Waals surface area contributed by atoms with Gasteiger partial charge in [0.05, 0.1) is 5.56 Å². The van der Waals surface area contributed by atoms with Crippen LogP contribution >= 0.6 is 0 Å². The van der Waals surface area contributed by atoms with Gasteiger partial charge in [0.2, 0.25) is 0 Å². The first kappa shape index (κ1) is 11.2. The molecule has 1 aromatic carbocycles. The summed E-state index contributed by atoms with van der Waals surface area (Å²) < 4.78 is 5.55. The number of hydrogen-bond donors (Lipinski definition) is 0. The van der Waals surface area contributed by atoms with Gasteiger partial charge in [0.1, 0.15) is 6.10 Å². The molecule has 16 heavy (non-hydrogen) atoms. The number of carbonyl (C=O) groups excluding carboxylic acids is 1. The highest BCUT2D eigenvalue weighted by molar-refractivity contribution is 5.89. The van der Waals surface area contributed by atoms with Crippen molar-refractivity contribution in [3.63, 3.8) is 0 Å². The molecule has 1 aromatic rings. The standard InChI is InChI=1S/C14H18O2/c1-11-7-5-6-10-13(11)16-14(15)12-8-3-2-4-9-12/h2-4,8-9,11,13H,5-7,10H2,1H3/t11-,13-/m1/s1. The third-order valence-corrected chi connectivity index (χ3v) is 3.30. The maximum absolute atomic E-state index is 11.8. The summed E-state index contributed by atoms with van der Waals surface area (Å²) in [6, 6.07) is 9.23. The van der Waals surface area contributed by atoms with Crippen LogP contribution in [0.3, 0.4) is 0 Å². The molecule has 1 aliphatic carbocycles. The molecule has 0 aromatic heterocycles. The zero-order valence-corrected chi connectivity index (χ0v) is 9.69. The lowest BCUT2D eigenvalue weighted by atomic mass is 9.88. The summed E-state index contributed by atoms with van der Waals surface area (Å²) in [6.07, 6.45) is 4.74. The third-order valence-electron chi connectivity index (χ3n) is 3.30. The summed E-state index contributed by atoms with van der Waals surface area (Å²) in [5, 5.41) is 0. The van der Waals surface area contributed by atoms with E-state index in [1.165, 1.54) is 19.3 Å². The van der Waals surface area contributed by atoms with Crippen molar-refractivity contribution >= 4 is 5.97 Å². The fraction of sp³-hybridized carbons (Fsp3) is 0.500. The summed E-state index contributed by atoms with van der Waals surface area (Å²) in [5.74, 6) is 0.320. The second-order valence-corrected chi connectivity index (χ2v) is 4.57. The van der Waals surface area contributed by atoms with Crippen LogP contribution in [0, 0.1) is 5.92 Å². The molecule has 2 rings (SSSR count). The van der Waals surface area contributed by atoms with Crippen LogP contribution in [-0.4, -0.2) is 12.1 Å². The lowest BCUT2D eigenvalue weighted by Crippen LogP contribution is -2.28. The maximum Gasteiger partial charge on any atom is 0.338 e. The van der Waals surface area contributed by atoms with Gasteiger partial charge in [-0.1, -0.05) is 31.5 Å². The summed E-state index contributed by atoms with van der Waals surface area (Å²) in [6.45, 7) is 2.17. The van der Waals surface area contributed by atoms with E-state index in [0.717, 1.165) is 6.42 Å². The smallest absolute Gasteiger partial charge is 0.338 e. The fourth-order valence-corrected chi connectivity index (χ4v) is 2.24. The molecular formula is C14H18O2. The van der Waals surface area contributed by atoms with Crippen LogP contribution in [0.25, 0.3) is 0 Å². The Morgan fingerprint density at radius 3 is 2.56 bits per heavy atom. The normalized spacial score (nSPS) is 25.1. The van der Waals surface area contributed by atoms with Gasteiger partial charge in [-0.25, -0.2) is 4.79 Å². The molecule has 1 saturated carbocycles. The molecule has 0 heterocycles. The number of rotatable bonds is 2. The Labute approximate surface area is 96.6 Å². The van der Waals surface area contributed by atoms with E-state index in [0.29, 0.717) is 11.5 Å². The monoisotopic (exact) mass is 218 g/mol. The van der Waals surface area contributed by atoms with Gasteiger partial charge in [-0.2, -0.15) is 0 Å². The fourth-order valence-electron chi connectivity index (χ4n) is 2.24. The second-order valence-electron chi connectivity index (χ2n) is 4.57. The first-order valence-corrected chi connectivity index (χ1v) is 6.03. The van der Waals surface area contributed by atoms with Crippen LogP contribution in [0.4, 0.5) is 0 Å². The molecular weight excluding hydrogens is 200 g/mol. The van der Waals surface area contributed by atoms with Gasteiger partial charge in [0, 0.05) is 0 Å². The Kier molecular flexibility index (Phi) is 3.60. The Bertz CT molecular complexity index is 345. The van der Waals surface area contributed by atoms with Gasteiger partial charge < -0.3 is 4.74 Å². The molecule has 86 valence electrons. The van der Waals surface area contributed by atoms with Crippen molar-refractivity contribution in [3.05, 3.63) is 35.9 Å². The molecule has 0 saturated heterocycles. The van der Waals surface area contributed by atoms with Crippen LogP contribution in [0.15, 0.2) is 30.3 Å². The molecule has 0 aliphatic heterocycles. The van der Waals surface area contributed by atoms with Crippen molar-refractivity contribution in [2.45, 2.75) is 38.7 Å². The Balaban J connectivity index is 1.96. The summed E-state index contributed by atoms with van der Waals surface area (Å²) in [4.78, 5) is 11.8. The molecule has 2 heteroatoms. The summed E-state index contributed by atoms with van der Waals surface area (Å²) >= 11 is 0. The van der Waals surface area contributed by atoms with Crippen molar-refractivity contribution in [2.75, 3.05) is 0 Å². The Morgan fingerprint density at radius 2 is 1.88 bits per heavy atom. The van der Waals surface area contributed by atoms with Gasteiger partial charge in [0.15, 0.2) is 0 Å². The highest BCUT2D eigenvalue weighted by atomic mass is 16.5. The van der Waals surface area contributed by atoms with Crippen molar-refractivity contribution in [2.24, 2.45) is 5.92 Å². The SMILES string of the molecule is C[C@@H]1CCCC[C@H]1OC(=O)c1ccccc1. The molecule has 0 radical (unpaired) electrons. The summed E-state index contributed by atoms with van der Waals surface area (Å²) in [7, 11) is 0. The first-order chi connectivity index (χ1) is 7.77. The van der Waals surface area contributed by atoms with Crippen LogP contribution in [0.1, 0.15) is 43.0 Å². The molecule has 0 spiro atoms. The van der Waals surface area contributed by atoms with E-state index in [1.807, 2.05) is 18.2 Å². The van der Waals surface area contributed by atoms with Crippen molar-refractivity contribution < 1.29 is 9.53 Å². The first-order valence-electron chi connectivity index (χ1n) is 6.03. The van der Waals surface area contributed by atoms with E-state index in [4.69, 9.17) is 4.74 Å². The predicted molar refractivity (Wildman–Crippen MR) is 63.3 cm³/mol. The van der Waals surface area contributed by atoms with E-state index < -0.39 is 0 Å². The zero-order valence-electron chi connectivity index (χ0n) is 9.69. The van der Waals surface area contributed by atoms with Crippen LogP contribution in [-0.2, 0) is 4.74 Å². The molecule has 0 unspecified atom stereocenters. The zero-order chi connectivity index (χ0) is 11.4. The largest absolute Gasteiger partial charge is 0.459 e. The lowest BCUT2D eigenvalue weighted by Gasteiger charge is -2.28. The quantitative estimate of drug-likeness (QED) is 0.711. The van der Waals surface area contributed by atoms with Crippen molar-refractivity contribution in [1.82, 2.24) is 0 Å². The van der Waals surface area contributed by atoms with Gasteiger partial charge in [0.25, 0.3) is 0 Å². The minimum absolute atomic E-state index is 0.112. The average molecular weight is 218 g/mol. The van der Waals surface area contributed by atoms with Crippen LogP contribution in [0.2, 0.25) is 0 Å². The van der Waals surface area contributed by atoms with E-state index in [-0.39, 0.29) is 12.1 Å². The van der Waals surface area contributed by atoms with E-state index in [1.54, 1.807) is 12.1 Å². The number of hydrogen-bond acceptors (Lipinski definition) is 2. The van der Waals surface area contributed by atoms with Crippen molar-refractivity contribution in [3.8, 4) is 0 Å². The number of ether oxygens (including phenoxy) is 1. The Morgan fingerprint density at radius 1 is 1.19 bits per heavy atom. The number of carbonyl (C=O) groups is 1. The maximum atomic E-state index is 11.8. The lowest BCUT2D eigenvalue weighted by molar-refractivity contribution is 0.00482. The molecule has 2 atom stereocenters. The van der Waals surface area contributed by atoms with Gasteiger partial charge in [-0.15, -0.1) is 0 Å². The highest BCUT2D eigenvalue weighted by Crippen LogP contribution is 2.26. The average Bonchev–Trinajstić information content (AvgIpc) is 2.33. The molecule has 0 amide bonds. The molecule has 1 fully saturated rings. The number of benzene rings is 1. The second kappa shape index (κ2) is 5.15. The summed E-state index contributed by atoms with van der Waals surface area (Å²) in [5.41, 5.74) is 0.653. The third kappa shape index (κ3) is 2.63. The Hall–Kier alpha value is -1.31. The van der Waals surface area contributed by atoms with Gasteiger partial charge in [-0.05, 0) is 37.3 Å². The molecule has 0 N–H and O–H groups in total. The van der Waals surface area contributed by atoms with Crippen LogP contribution < -0.4 is 0 Å². The topological polar surface area (TPSA) is 26.3 Å². The van der Waals surface area contributed by atoms with E-state index >= 15 is 0 Å². The molecule has 0 bridgehead atoms. The van der Waals surface area contributed by atoms with Gasteiger partial charge in [-0.3, -0.25) is 0 Å². The number of esters is 1. The van der Waals surface area contributed by atoms with Crippen molar-refractivity contribution in [1.29, 1.82) is 0 Å². The minimum atomic E-state index is -0.181. The minimum Gasteiger partial charge on any atom is -0.459 e. The van der Waals surface area contributed by atoms with E-state index in [2.05, 4.69) is 6.92 Å². The van der Waals surface area contributed by atoms with Gasteiger partial charge >= 0.3 is 5.97 Å². The van der Waals surface area contributed by atoms with E-state index in [9.17, 15) is 4.79 Å².